The molecular weight excluding hydrogens is 457 g/mol. The highest BCUT2D eigenvalue weighted by molar-refractivity contribution is 9.11. The highest BCUT2D eigenvalue weighted by Gasteiger charge is 2.07. The van der Waals surface area contributed by atoms with E-state index < -0.39 is 0 Å². The monoisotopic (exact) mass is 463 g/mol. The summed E-state index contributed by atoms with van der Waals surface area (Å²) in [4.78, 5) is 11.9. The lowest BCUT2D eigenvalue weighted by atomic mass is 10.2. The number of aromatic hydroxyl groups is 1. The predicted octanol–water partition coefficient (Wildman–Crippen LogP) is 5.88. The van der Waals surface area contributed by atoms with Gasteiger partial charge in [-0.15, -0.1) is 0 Å². The third-order valence-corrected chi connectivity index (χ3v) is 4.43. The highest BCUT2D eigenvalue weighted by Crippen LogP contribution is 2.35. The average Bonchev–Trinajstić information content (AvgIpc) is 2.43. The summed E-state index contributed by atoms with van der Waals surface area (Å²) in [6.07, 6.45) is 2.96. The second-order valence-corrected chi connectivity index (χ2v) is 6.83. The normalized spacial score (nSPS) is 10.9. The SMILES string of the molecule is O=C(/C=C/c1ccc(Cl)cc1Cl)Nc1cc(Br)c(O)c(Br)c1. The summed E-state index contributed by atoms with van der Waals surface area (Å²) in [5.41, 5.74) is 1.22. The van der Waals surface area contributed by atoms with Crippen molar-refractivity contribution in [2.24, 2.45) is 0 Å². The molecule has 0 aliphatic rings. The van der Waals surface area contributed by atoms with Crippen molar-refractivity contribution in [2.75, 3.05) is 5.32 Å². The number of phenolic OH excluding ortho intramolecular Hbond substituents is 1. The van der Waals surface area contributed by atoms with Crippen molar-refractivity contribution in [1.82, 2.24) is 0 Å². The Hall–Kier alpha value is -1.01. The van der Waals surface area contributed by atoms with Crippen LogP contribution < -0.4 is 5.32 Å². The van der Waals surface area contributed by atoms with Crippen LogP contribution in [0.3, 0.4) is 0 Å². The first-order valence-electron chi connectivity index (χ1n) is 5.99. The molecule has 2 aromatic rings. The molecule has 0 spiro atoms. The fraction of sp³-hybridized carbons (Fsp3) is 0. The van der Waals surface area contributed by atoms with Gasteiger partial charge < -0.3 is 10.4 Å². The summed E-state index contributed by atoms with van der Waals surface area (Å²) in [6.45, 7) is 0. The van der Waals surface area contributed by atoms with E-state index in [1.165, 1.54) is 6.08 Å². The minimum absolute atomic E-state index is 0.0708. The summed E-state index contributed by atoms with van der Waals surface area (Å²) >= 11 is 18.2. The molecule has 2 aromatic carbocycles. The van der Waals surface area contributed by atoms with Crippen LogP contribution in [0.5, 0.6) is 5.75 Å². The molecule has 0 fully saturated rings. The molecule has 0 aromatic heterocycles. The third kappa shape index (κ3) is 4.49. The molecule has 2 N–H and O–H groups in total. The number of amides is 1. The number of phenols is 1. The minimum atomic E-state index is -0.324. The van der Waals surface area contributed by atoms with Crippen LogP contribution in [0.25, 0.3) is 6.08 Å². The topological polar surface area (TPSA) is 49.3 Å². The Labute approximate surface area is 154 Å². The zero-order valence-corrected chi connectivity index (χ0v) is 15.6. The molecule has 0 saturated heterocycles. The number of carbonyl (C=O) groups excluding carboxylic acids is 1. The van der Waals surface area contributed by atoms with Gasteiger partial charge in [0.25, 0.3) is 0 Å². The Balaban J connectivity index is 2.11. The van der Waals surface area contributed by atoms with Gasteiger partial charge in [0.05, 0.1) is 8.95 Å². The average molecular weight is 466 g/mol. The van der Waals surface area contributed by atoms with Gasteiger partial charge in [-0.3, -0.25) is 4.79 Å². The molecule has 22 heavy (non-hydrogen) atoms. The Bertz CT molecular complexity index is 740. The van der Waals surface area contributed by atoms with E-state index in [9.17, 15) is 9.90 Å². The highest BCUT2D eigenvalue weighted by atomic mass is 79.9. The Morgan fingerprint density at radius 3 is 2.36 bits per heavy atom. The molecule has 0 radical (unpaired) electrons. The van der Waals surface area contributed by atoms with Gasteiger partial charge >= 0.3 is 0 Å². The zero-order valence-electron chi connectivity index (χ0n) is 10.9. The Kier molecular flexibility index (Phi) is 5.92. The number of halogens is 4. The van der Waals surface area contributed by atoms with E-state index in [1.807, 2.05) is 0 Å². The first-order valence-corrected chi connectivity index (χ1v) is 8.33. The van der Waals surface area contributed by atoms with Crippen molar-refractivity contribution in [3.8, 4) is 5.75 Å². The molecule has 114 valence electrons. The molecule has 0 bridgehead atoms. The number of carbonyl (C=O) groups is 1. The number of hydrogen-bond donors (Lipinski definition) is 2. The smallest absolute Gasteiger partial charge is 0.248 e. The second-order valence-electron chi connectivity index (χ2n) is 4.28. The van der Waals surface area contributed by atoms with E-state index in [0.29, 0.717) is 30.2 Å². The van der Waals surface area contributed by atoms with Crippen LogP contribution in [0.1, 0.15) is 5.56 Å². The summed E-state index contributed by atoms with van der Waals surface area (Å²) in [6, 6.07) is 8.22. The van der Waals surface area contributed by atoms with E-state index in [1.54, 1.807) is 36.4 Å². The van der Waals surface area contributed by atoms with Crippen LogP contribution in [-0.2, 0) is 4.79 Å². The summed E-state index contributed by atoms with van der Waals surface area (Å²) in [5.74, 6) is -0.253. The molecular formula is C15H9Br2Cl2NO2. The van der Waals surface area contributed by atoms with Crippen LogP contribution in [0.4, 0.5) is 5.69 Å². The van der Waals surface area contributed by atoms with Crippen molar-refractivity contribution < 1.29 is 9.90 Å². The summed E-state index contributed by atoms with van der Waals surface area (Å²) in [5, 5.41) is 13.3. The molecule has 0 aliphatic heterocycles. The molecule has 0 unspecified atom stereocenters. The van der Waals surface area contributed by atoms with Gasteiger partial charge in [-0.25, -0.2) is 0 Å². The van der Waals surface area contributed by atoms with Gasteiger partial charge in [0.2, 0.25) is 5.91 Å². The quantitative estimate of drug-likeness (QED) is 0.439. The molecule has 2 rings (SSSR count). The molecule has 0 heterocycles. The fourth-order valence-corrected chi connectivity index (χ4v) is 3.28. The summed E-state index contributed by atoms with van der Waals surface area (Å²) < 4.78 is 0.948. The van der Waals surface area contributed by atoms with Crippen LogP contribution in [0.2, 0.25) is 10.0 Å². The first-order chi connectivity index (χ1) is 10.4. The molecule has 3 nitrogen and oxygen atoms in total. The van der Waals surface area contributed by atoms with Crippen molar-refractivity contribution in [3.63, 3.8) is 0 Å². The predicted molar refractivity (Wildman–Crippen MR) is 97.6 cm³/mol. The van der Waals surface area contributed by atoms with Crippen LogP contribution in [-0.4, -0.2) is 11.0 Å². The van der Waals surface area contributed by atoms with E-state index in [4.69, 9.17) is 23.2 Å². The van der Waals surface area contributed by atoms with Crippen molar-refractivity contribution in [1.29, 1.82) is 0 Å². The van der Waals surface area contributed by atoms with Gasteiger partial charge in [-0.05, 0) is 67.8 Å². The van der Waals surface area contributed by atoms with Crippen molar-refractivity contribution in [2.45, 2.75) is 0 Å². The molecule has 0 atom stereocenters. The number of rotatable bonds is 3. The lowest BCUT2D eigenvalue weighted by molar-refractivity contribution is -0.111. The van der Waals surface area contributed by atoms with Gasteiger partial charge in [-0.1, -0.05) is 29.3 Å². The van der Waals surface area contributed by atoms with E-state index in [2.05, 4.69) is 37.2 Å². The van der Waals surface area contributed by atoms with Gasteiger partial charge in [-0.2, -0.15) is 0 Å². The lowest BCUT2D eigenvalue weighted by Gasteiger charge is -2.06. The maximum atomic E-state index is 11.9. The fourth-order valence-electron chi connectivity index (χ4n) is 1.62. The lowest BCUT2D eigenvalue weighted by Crippen LogP contribution is -2.07. The Morgan fingerprint density at radius 1 is 1.14 bits per heavy atom. The number of nitrogens with one attached hydrogen (secondary N) is 1. The second kappa shape index (κ2) is 7.51. The first kappa shape index (κ1) is 17.3. The maximum absolute atomic E-state index is 11.9. The molecule has 7 heteroatoms. The minimum Gasteiger partial charge on any atom is -0.506 e. The van der Waals surface area contributed by atoms with E-state index in [-0.39, 0.29) is 11.7 Å². The van der Waals surface area contributed by atoms with Gasteiger partial charge in [0, 0.05) is 21.8 Å². The number of hydrogen-bond acceptors (Lipinski definition) is 2. The summed E-state index contributed by atoms with van der Waals surface area (Å²) in [7, 11) is 0. The van der Waals surface area contributed by atoms with Gasteiger partial charge in [0.1, 0.15) is 5.75 Å². The largest absolute Gasteiger partial charge is 0.506 e. The van der Waals surface area contributed by atoms with Crippen LogP contribution in [0, 0.1) is 0 Å². The maximum Gasteiger partial charge on any atom is 0.248 e. The van der Waals surface area contributed by atoms with Crippen LogP contribution >= 0.6 is 55.1 Å². The van der Waals surface area contributed by atoms with E-state index >= 15 is 0 Å². The third-order valence-electron chi connectivity index (χ3n) is 2.66. The van der Waals surface area contributed by atoms with Crippen molar-refractivity contribution in [3.05, 3.63) is 61.0 Å². The van der Waals surface area contributed by atoms with Gasteiger partial charge in [0.15, 0.2) is 0 Å². The molecule has 0 aliphatic carbocycles. The molecule has 0 saturated carbocycles. The standard InChI is InChI=1S/C15H9Br2Cl2NO2/c16-11-6-10(7-12(17)15(11)22)20-14(21)4-2-8-1-3-9(18)5-13(8)19/h1-7,22H,(H,20,21)/b4-2+. The van der Waals surface area contributed by atoms with Crippen LogP contribution in [0.15, 0.2) is 45.4 Å². The number of benzene rings is 2. The van der Waals surface area contributed by atoms with Crippen molar-refractivity contribution >= 4 is 72.7 Å². The zero-order chi connectivity index (χ0) is 16.3. The van der Waals surface area contributed by atoms with E-state index in [0.717, 1.165) is 0 Å². The Morgan fingerprint density at radius 2 is 1.77 bits per heavy atom. The molecule has 1 amide bonds. The number of anilines is 1.